The van der Waals surface area contributed by atoms with Crippen LogP contribution in [0.3, 0.4) is 0 Å². The van der Waals surface area contributed by atoms with Gasteiger partial charge >= 0.3 is 0 Å². The number of nitro benzene ring substituents is 1. The normalized spacial score (nSPS) is 13.5. The van der Waals surface area contributed by atoms with E-state index in [1.54, 1.807) is 30.9 Å². The van der Waals surface area contributed by atoms with Gasteiger partial charge in [-0.1, -0.05) is 0 Å². The van der Waals surface area contributed by atoms with Crippen molar-refractivity contribution in [1.82, 2.24) is 5.32 Å². The fraction of sp³-hybridized carbons (Fsp3) is 0.462. The van der Waals surface area contributed by atoms with Crippen LogP contribution < -0.4 is 5.32 Å². The van der Waals surface area contributed by atoms with Crippen LogP contribution >= 0.6 is 11.8 Å². The number of non-ortho nitro benzene ring substituents is 1. The number of hydrogen-bond donors (Lipinski definition) is 1. The maximum absolute atomic E-state index is 10.5. The Hall–Kier alpha value is -1.58. The van der Waals surface area contributed by atoms with Crippen LogP contribution in [-0.4, -0.2) is 23.3 Å². The first-order valence-electron chi connectivity index (χ1n) is 5.98. The van der Waals surface area contributed by atoms with Gasteiger partial charge in [-0.15, -0.1) is 11.8 Å². The van der Waals surface area contributed by atoms with Crippen molar-refractivity contribution >= 4 is 17.4 Å². The van der Waals surface area contributed by atoms with Crippen molar-refractivity contribution in [2.24, 2.45) is 0 Å². The minimum atomic E-state index is -0.476. The monoisotopic (exact) mass is 279 g/mol. The van der Waals surface area contributed by atoms with Gasteiger partial charge in [-0.2, -0.15) is 5.26 Å². The van der Waals surface area contributed by atoms with Crippen LogP contribution in [0.2, 0.25) is 0 Å². The summed E-state index contributed by atoms with van der Waals surface area (Å²) in [5.41, 5.74) is -0.368. The molecule has 0 saturated heterocycles. The van der Waals surface area contributed by atoms with Crippen molar-refractivity contribution in [2.75, 3.05) is 12.8 Å². The second-order valence-corrected chi connectivity index (χ2v) is 5.57. The molecule has 1 aromatic rings. The third-order valence-electron chi connectivity index (χ3n) is 2.94. The van der Waals surface area contributed by atoms with E-state index in [1.807, 2.05) is 6.92 Å². The lowest BCUT2D eigenvalue weighted by Gasteiger charge is -2.20. The maximum atomic E-state index is 10.5. The summed E-state index contributed by atoms with van der Waals surface area (Å²) < 4.78 is 0. The van der Waals surface area contributed by atoms with Crippen molar-refractivity contribution in [3.63, 3.8) is 0 Å². The van der Waals surface area contributed by atoms with Crippen molar-refractivity contribution in [3.8, 4) is 6.07 Å². The Bertz CT molecular complexity index is 470. The molecule has 1 rings (SSSR count). The van der Waals surface area contributed by atoms with Crippen molar-refractivity contribution in [1.29, 1.82) is 5.26 Å². The molecule has 0 aromatic heterocycles. The average molecular weight is 279 g/mol. The molecular weight excluding hydrogens is 262 g/mol. The lowest BCUT2D eigenvalue weighted by Crippen LogP contribution is -2.37. The second-order valence-electron chi connectivity index (χ2n) is 4.40. The summed E-state index contributed by atoms with van der Waals surface area (Å²) in [5, 5.41) is 22.5. The van der Waals surface area contributed by atoms with E-state index in [1.165, 1.54) is 12.1 Å². The largest absolute Gasteiger partial charge is 0.303 e. The predicted molar refractivity (Wildman–Crippen MR) is 76.1 cm³/mol. The number of nitriles is 1. The molecule has 1 aromatic carbocycles. The molecule has 0 aliphatic rings. The Kier molecular flexibility index (Phi) is 5.80. The zero-order valence-corrected chi connectivity index (χ0v) is 11.9. The van der Waals surface area contributed by atoms with Crippen LogP contribution in [0.4, 0.5) is 5.69 Å². The van der Waals surface area contributed by atoms with Gasteiger partial charge in [-0.05, 0) is 44.7 Å². The van der Waals surface area contributed by atoms with E-state index in [0.29, 0.717) is 0 Å². The summed E-state index contributed by atoms with van der Waals surface area (Å²) in [6.07, 6.45) is 1.69. The number of nitro groups is 1. The number of thioether (sulfide) groups is 1. The van der Waals surface area contributed by atoms with Gasteiger partial charge in [0.15, 0.2) is 0 Å². The van der Waals surface area contributed by atoms with Gasteiger partial charge in [0.25, 0.3) is 5.69 Å². The third kappa shape index (κ3) is 4.89. The Balaban J connectivity index is 2.38. The van der Waals surface area contributed by atoms with Gasteiger partial charge in [0.05, 0.1) is 11.0 Å². The third-order valence-corrected chi connectivity index (χ3v) is 4.03. The average Bonchev–Trinajstić information content (AvgIpc) is 2.44. The molecule has 102 valence electrons. The van der Waals surface area contributed by atoms with Crippen molar-refractivity contribution in [3.05, 3.63) is 34.4 Å². The maximum Gasteiger partial charge on any atom is 0.269 e. The van der Waals surface area contributed by atoms with Crippen LogP contribution in [0.15, 0.2) is 29.2 Å². The Morgan fingerprint density at radius 2 is 2.11 bits per heavy atom. The molecule has 0 amide bonds. The lowest BCUT2D eigenvalue weighted by atomic mass is 9.99. The van der Waals surface area contributed by atoms with Crippen LogP contribution in [0.1, 0.15) is 19.8 Å². The SMILES string of the molecule is CNC(C)(C#N)CCCSc1ccc([N+](=O)[O-])cc1. The topological polar surface area (TPSA) is 79.0 Å². The molecule has 0 aliphatic carbocycles. The molecule has 0 spiro atoms. The van der Waals surface area contributed by atoms with E-state index < -0.39 is 10.5 Å². The molecular formula is C13H17N3O2S. The highest BCUT2D eigenvalue weighted by Crippen LogP contribution is 2.23. The molecule has 5 nitrogen and oxygen atoms in total. The highest BCUT2D eigenvalue weighted by Gasteiger charge is 2.19. The van der Waals surface area contributed by atoms with Gasteiger partial charge in [-0.25, -0.2) is 0 Å². The number of benzene rings is 1. The first-order chi connectivity index (χ1) is 9.00. The van der Waals surface area contributed by atoms with E-state index in [4.69, 9.17) is 5.26 Å². The van der Waals surface area contributed by atoms with Crippen LogP contribution in [0, 0.1) is 21.4 Å². The summed E-state index contributed by atoms with van der Waals surface area (Å²) >= 11 is 1.64. The zero-order valence-electron chi connectivity index (χ0n) is 11.0. The summed E-state index contributed by atoms with van der Waals surface area (Å²) in [4.78, 5) is 11.1. The summed E-state index contributed by atoms with van der Waals surface area (Å²) in [5.74, 6) is 0.886. The Labute approximate surface area is 117 Å². The molecule has 1 atom stereocenters. The number of rotatable bonds is 7. The van der Waals surface area contributed by atoms with Gasteiger partial charge in [0, 0.05) is 17.0 Å². The molecule has 0 saturated carbocycles. The Morgan fingerprint density at radius 3 is 2.58 bits per heavy atom. The van der Waals surface area contributed by atoms with E-state index in [2.05, 4.69) is 11.4 Å². The number of hydrogen-bond acceptors (Lipinski definition) is 5. The number of nitrogens with one attached hydrogen (secondary N) is 1. The molecule has 0 fully saturated rings. The molecule has 1 unspecified atom stereocenters. The molecule has 0 aliphatic heterocycles. The van der Waals surface area contributed by atoms with Crippen molar-refractivity contribution in [2.45, 2.75) is 30.2 Å². The summed E-state index contributed by atoms with van der Waals surface area (Å²) in [7, 11) is 1.78. The molecule has 19 heavy (non-hydrogen) atoms. The van der Waals surface area contributed by atoms with Crippen LogP contribution in [0.25, 0.3) is 0 Å². The van der Waals surface area contributed by atoms with Gasteiger partial charge < -0.3 is 5.32 Å². The zero-order chi connectivity index (χ0) is 14.3. The highest BCUT2D eigenvalue weighted by atomic mass is 32.2. The fourth-order valence-electron chi connectivity index (χ4n) is 1.52. The van der Waals surface area contributed by atoms with E-state index in [0.717, 1.165) is 23.5 Å². The minimum Gasteiger partial charge on any atom is -0.303 e. The molecule has 1 N–H and O–H groups in total. The smallest absolute Gasteiger partial charge is 0.269 e. The summed E-state index contributed by atoms with van der Waals surface area (Å²) in [6, 6.07) is 8.78. The highest BCUT2D eigenvalue weighted by molar-refractivity contribution is 7.99. The lowest BCUT2D eigenvalue weighted by molar-refractivity contribution is -0.384. The van der Waals surface area contributed by atoms with Gasteiger partial charge in [0.2, 0.25) is 0 Å². The van der Waals surface area contributed by atoms with Crippen molar-refractivity contribution < 1.29 is 4.92 Å². The van der Waals surface area contributed by atoms with Crippen LogP contribution in [0.5, 0.6) is 0 Å². The Morgan fingerprint density at radius 1 is 1.47 bits per heavy atom. The summed E-state index contributed by atoms with van der Waals surface area (Å²) in [6.45, 7) is 1.88. The molecule has 0 bridgehead atoms. The van der Waals surface area contributed by atoms with Gasteiger partial charge in [0.1, 0.15) is 5.54 Å². The molecule has 6 heteroatoms. The minimum absolute atomic E-state index is 0.108. The fourth-order valence-corrected chi connectivity index (χ4v) is 2.37. The van der Waals surface area contributed by atoms with E-state index in [-0.39, 0.29) is 5.69 Å². The van der Waals surface area contributed by atoms with E-state index >= 15 is 0 Å². The second kappa shape index (κ2) is 7.12. The van der Waals surface area contributed by atoms with Gasteiger partial charge in [-0.3, -0.25) is 10.1 Å². The quantitative estimate of drug-likeness (QED) is 0.359. The number of nitrogens with zero attached hydrogens (tertiary/aromatic N) is 2. The molecule has 0 heterocycles. The molecule has 0 radical (unpaired) electrons. The first kappa shape index (κ1) is 15.5. The predicted octanol–water partition coefficient (Wildman–Crippen LogP) is 2.97. The standard InChI is InChI=1S/C13H17N3O2S/c1-13(10-14,15-2)8-3-9-19-12-6-4-11(5-7-12)16(17)18/h4-7,15H,3,8-9H2,1-2H3. The van der Waals surface area contributed by atoms with E-state index in [9.17, 15) is 10.1 Å². The van der Waals surface area contributed by atoms with Crippen LogP contribution in [-0.2, 0) is 0 Å². The first-order valence-corrected chi connectivity index (χ1v) is 6.97.